The van der Waals surface area contributed by atoms with Crippen LogP contribution in [0.5, 0.6) is 0 Å². The standard InChI is InChI=1S/C20H18N4O2S/c1-2-26-19(25)13-24-12-14(15-7-3-5-9-17(15)24)11-21-23-20-22-16-8-4-6-10-18(16)27-20/h3-12H,2,13H2,1H3,(H,22,23)/b21-11-. The number of anilines is 1. The van der Waals surface area contributed by atoms with Gasteiger partial charge >= 0.3 is 5.97 Å². The van der Waals surface area contributed by atoms with E-state index in [0.29, 0.717) is 6.61 Å². The Labute approximate surface area is 160 Å². The van der Waals surface area contributed by atoms with Crippen molar-refractivity contribution in [2.45, 2.75) is 13.5 Å². The van der Waals surface area contributed by atoms with Crippen LogP contribution in [0, 0.1) is 0 Å². The highest BCUT2D eigenvalue weighted by molar-refractivity contribution is 7.22. The third-order valence-corrected chi connectivity index (χ3v) is 5.02. The molecule has 4 aromatic rings. The summed E-state index contributed by atoms with van der Waals surface area (Å²) in [5, 5.41) is 6.09. The highest BCUT2D eigenvalue weighted by Crippen LogP contribution is 2.25. The third-order valence-electron chi connectivity index (χ3n) is 4.08. The second-order valence-electron chi connectivity index (χ2n) is 5.89. The lowest BCUT2D eigenvalue weighted by molar-refractivity contribution is -0.143. The fraction of sp³-hybridized carbons (Fsp3) is 0.150. The van der Waals surface area contributed by atoms with Crippen LogP contribution in [0.4, 0.5) is 5.13 Å². The van der Waals surface area contributed by atoms with E-state index in [4.69, 9.17) is 4.74 Å². The number of benzene rings is 2. The number of fused-ring (bicyclic) bond motifs is 2. The van der Waals surface area contributed by atoms with Gasteiger partial charge in [0.2, 0.25) is 5.13 Å². The number of thiazole rings is 1. The Morgan fingerprint density at radius 2 is 2.07 bits per heavy atom. The lowest BCUT2D eigenvalue weighted by Crippen LogP contribution is -2.12. The number of esters is 1. The van der Waals surface area contributed by atoms with Crippen molar-refractivity contribution in [3.05, 3.63) is 60.3 Å². The Balaban J connectivity index is 1.57. The largest absolute Gasteiger partial charge is 0.465 e. The van der Waals surface area contributed by atoms with E-state index in [1.54, 1.807) is 24.5 Å². The van der Waals surface area contributed by atoms with E-state index in [1.165, 1.54) is 0 Å². The van der Waals surface area contributed by atoms with Crippen LogP contribution in [0.3, 0.4) is 0 Å². The van der Waals surface area contributed by atoms with Gasteiger partial charge < -0.3 is 9.30 Å². The predicted molar refractivity (Wildman–Crippen MR) is 109 cm³/mol. The summed E-state index contributed by atoms with van der Waals surface area (Å²) in [5.74, 6) is -0.255. The molecule has 0 unspecified atom stereocenters. The normalized spacial score (nSPS) is 11.4. The number of aromatic nitrogens is 2. The molecule has 2 aromatic carbocycles. The molecule has 2 aromatic heterocycles. The highest BCUT2D eigenvalue weighted by atomic mass is 32.1. The van der Waals surface area contributed by atoms with Crippen molar-refractivity contribution >= 4 is 49.8 Å². The molecular formula is C20H18N4O2S. The smallest absolute Gasteiger partial charge is 0.325 e. The van der Waals surface area contributed by atoms with Gasteiger partial charge in [0.05, 0.1) is 23.0 Å². The van der Waals surface area contributed by atoms with Crippen LogP contribution in [-0.4, -0.2) is 28.3 Å². The first-order valence-electron chi connectivity index (χ1n) is 8.62. The molecule has 0 aliphatic carbocycles. The number of hydrogen-bond acceptors (Lipinski definition) is 6. The first kappa shape index (κ1) is 17.2. The van der Waals surface area contributed by atoms with Crippen LogP contribution in [0.2, 0.25) is 0 Å². The summed E-state index contributed by atoms with van der Waals surface area (Å²) in [5.41, 5.74) is 5.83. The predicted octanol–water partition coefficient (Wildman–Crippen LogP) is 4.26. The average Bonchev–Trinajstić information content (AvgIpc) is 3.24. The minimum Gasteiger partial charge on any atom is -0.465 e. The molecule has 27 heavy (non-hydrogen) atoms. The summed E-state index contributed by atoms with van der Waals surface area (Å²) in [6.45, 7) is 2.35. The Morgan fingerprint density at radius 3 is 2.93 bits per heavy atom. The zero-order chi connectivity index (χ0) is 18.6. The number of hydrazone groups is 1. The van der Waals surface area contributed by atoms with Gasteiger partial charge in [-0.2, -0.15) is 5.10 Å². The van der Waals surface area contributed by atoms with Gasteiger partial charge in [0.25, 0.3) is 0 Å². The number of para-hydroxylation sites is 2. The van der Waals surface area contributed by atoms with Crippen molar-refractivity contribution < 1.29 is 9.53 Å². The summed E-state index contributed by atoms with van der Waals surface area (Å²) in [6, 6.07) is 15.9. The second-order valence-corrected chi connectivity index (χ2v) is 6.92. The summed E-state index contributed by atoms with van der Waals surface area (Å²) < 4.78 is 8.05. The molecular weight excluding hydrogens is 360 g/mol. The molecule has 0 radical (unpaired) electrons. The van der Waals surface area contributed by atoms with Gasteiger partial charge in [-0.1, -0.05) is 41.7 Å². The lowest BCUT2D eigenvalue weighted by atomic mass is 10.2. The molecule has 2 heterocycles. The van der Waals surface area contributed by atoms with Crippen LogP contribution >= 0.6 is 11.3 Å². The lowest BCUT2D eigenvalue weighted by Gasteiger charge is -2.04. The van der Waals surface area contributed by atoms with Crippen LogP contribution in [0.15, 0.2) is 59.8 Å². The number of carbonyl (C=O) groups is 1. The number of ether oxygens (including phenoxy) is 1. The Hall–Kier alpha value is -3.19. The molecule has 4 rings (SSSR count). The minimum atomic E-state index is -0.255. The molecule has 7 heteroatoms. The van der Waals surface area contributed by atoms with E-state index in [2.05, 4.69) is 15.5 Å². The molecule has 0 atom stereocenters. The van der Waals surface area contributed by atoms with Crippen LogP contribution in [-0.2, 0) is 16.1 Å². The molecule has 0 spiro atoms. The van der Waals surface area contributed by atoms with Gasteiger partial charge in [0.1, 0.15) is 6.54 Å². The van der Waals surface area contributed by atoms with Crippen molar-refractivity contribution in [2.75, 3.05) is 12.0 Å². The fourth-order valence-corrected chi connectivity index (χ4v) is 3.75. The Bertz CT molecular complexity index is 1100. The highest BCUT2D eigenvalue weighted by Gasteiger charge is 2.10. The summed E-state index contributed by atoms with van der Waals surface area (Å²) in [4.78, 5) is 16.4. The first-order valence-corrected chi connectivity index (χ1v) is 9.44. The molecule has 0 bridgehead atoms. The molecule has 0 aliphatic rings. The number of hydrogen-bond donors (Lipinski definition) is 1. The van der Waals surface area contributed by atoms with Crippen molar-refractivity contribution in [1.82, 2.24) is 9.55 Å². The monoisotopic (exact) mass is 378 g/mol. The molecule has 0 amide bonds. The van der Waals surface area contributed by atoms with Crippen molar-refractivity contribution in [1.29, 1.82) is 0 Å². The van der Waals surface area contributed by atoms with E-state index in [-0.39, 0.29) is 12.5 Å². The topological polar surface area (TPSA) is 68.5 Å². The van der Waals surface area contributed by atoms with E-state index in [9.17, 15) is 4.79 Å². The number of nitrogens with one attached hydrogen (secondary N) is 1. The van der Waals surface area contributed by atoms with Gasteiger partial charge in [-0.25, -0.2) is 4.98 Å². The average molecular weight is 378 g/mol. The number of rotatable bonds is 6. The maximum absolute atomic E-state index is 11.9. The molecule has 0 fully saturated rings. The Kier molecular flexibility index (Phi) is 4.84. The molecule has 0 aliphatic heterocycles. The fourth-order valence-electron chi connectivity index (χ4n) is 2.93. The van der Waals surface area contributed by atoms with Gasteiger partial charge in [0.15, 0.2) is 0 Å². The minimum absolute atomic E-state index is 0.174. The molecule has 6 nitrogen and oxygen atoms in total. The summed E-state index contributed by atoms with van der Waals surface area (Å²) in [6.07, 6.45) is 3.65. The van der Waals surface area contributed by atoms with Gasteiger partial charge in [-0.3, -0.25) is 10.2 Å². The third kappa shape index (κ3) is 3.68. The summed E-state index contributed by atoms with van der Waals surface area (Å²) in [7, 11) is 0. The van der Waals surface area contributed by atoms with Crippen LogP contribution in [0.25, 0.3) is 21.1 Å². The SMILES string of the molecule is CCOC(=O)Cn1cc(/C=N\Nc2nc3ccccc3s2)c2ccccc21. The van der Waals surface area contributed by atoms with Gasteiger partial charge in [-0.05, 0) is 25.1 Å². The van der Waals surface area contributed by atoms with E-state index < -0.39 is 0 Å². The quantitative estimate of drug-likeness (QED) is 0.309. The van der Waals surface area contributed by atoms with Crippen LogP contribution in [0.1, 0.15) is 12.5 Å². The van der Waals surface area contributed by atoms with E-state index >= 15 is 0 Å². The zero-order valence-electron chi connectivity index (χ0n) is 14.8. The van der Waals surface area contributed by atoms with E-state index in [0.717, 1.165) is 31.8 Å². The second kappa shape index (κ2) is 7.59. The molecule has 0 saturated carbocycles. The first-order chi connectivity index (χ1) is 13.2. The maximum atomic E-state index is 11.9. The molecule has 136 valence electrons. The Morgan fingerprint density at radius 1 is 1.26 bits per heavy atom. The molecule has 1 N–H and O–H groups in total. The number of carbonyl (C=O) groups excluding carboxylic acids is 1. The zero-order valence-corrected chi connectivity index (χ0v) is 15.6. The summed E-state index contributed by atoms with van der Waals surface area (Å²) >= 11 is 1.55. The molecule has 0 saturated heterocycles. The van der Waals surface area contributed by atoms with E-state index in [1.807, 2.05) is 59.3 Å². The van der Waals surface area contributed by atoms with Gasteiger partial charge in [0, 0.05) is 22.7 Å². The van der Waals surface area contributed by atoms with Crippen LogP contribution < -0.4 is 5.43 Å². The number of nitrogens with zero attached hydrogens (tertiary/aromatic N) is 3. The van der Waals surface area contributed by atoms with Crippen molar-refractivity contribution in [3.63, 3.8) is 0 Å². The van der Waals surface area contributed by atoms with Crippen molar-refractivity contribution in [3.8, 4) is 0 Å². The maximum Gasteiger partial charge on any atom is 0.325 e. The van der Waals surface area contributed by atoms with Gasteiger partial charge in [-0.15, -0.1) is 0 Å². The van der Waals surface area contributed by atoms with Crippen molar-refractivity contribution in [2.24, 2.45) is 5.10 Å².